The van der Waals surface area contributed by atoms with Gasteiger partial charge in [-0.05, 0) is 25.8 Å². The fourth-order valence-corrected chi connectivity index (χ4v) is 4.18. The monoisotopic (exact) mass is 252 g/mol. The molecule has 0 spiro atoms. The van der Waals surface area contributed by atoms with E-state index in [1.165, 1.54) is 44.5 Å². The van der Waals surface area contributed by atoms with Crippen LogP contribution < -0.4 is 0 Å². The van der Waals surface area contributed by atoms with Crippen LogP contribution in [-0.4, -0.2) is 34.5 Å². The Balaban J connectivity index is 1.99. The Bertz CT molecular complexity index is 295. The van der Waals surface area contributed by atoms with Gasteiger partial charge in [0.1, 0.15) is 0 Å². The van der Waals surface area contributed by atoms with Gasteiger partial charge in [0.25, 0.3) is 0 Å². The van der Waals surface area contributed by atoms with E-state index < -0.39 is 0 Å². The molecule has 2 aliphatic rings. The quantitative estimate of drug-likeness (QED) is 0.716. The summed E-state index contributed by atoms with van der Waals surface area (Å²) >= 11 is 2.09. The lowest BCUT2D eigenvalue weighted by Crippen LogP contribution is -2.43. The van der Waals surface area contributed by atoms with Crippen LogP contribution in [-0.2, 0) is 0 Å². The Morgan fingerprint density at radius 3 is 2.76 bits per heavy atom. The van der Waals surface area contributed by atoms with E-state index in [-0.39, 0.29) is 5.92 Å². The summed E-state index contributed by atoms with van der Waals surface area (Å²) in [5.74, 6) is 1.51. The van der Waals surface area contributed by atoms with E-state index in [0.29, 0.717) is 10.8 Å². The van der Waals surface area contributed by atoms with Gasteiger partial charge in [-0.15, -0.1) is 0 Å². The first-order valence-corrected chi connectivity index (χ1v) is 7.88. The third-order valence-corrected chi connectivity index (χ3v) is 5.61. The molecule has 0 bridgehead atoms. The fourth-order valence-electron chi connectivity index (χ4n) is 3.07. The molecular weight excluding hydrogens is 228 g/mol. The average molecular weight is 252 g/mol. The van der Waals surface area contributed by atoms with Crippen LogP contribution in [0.25, 0.3) is 0 Å². The van der Waals surface area contributed by atoms with Crippen LogP contribution in [0.5, 0.6) is 0 Å². The predicted octanol–water partition coefficient (Wildman–Crippen LogP) is 3.29. The van der Waals surface area contributed by atoms with Gasteiger partial charge in [0.05, 0.1) is 12.0 Å². The highest BCUT2D eigenvalue weighted by Gasteiger charge is 2.33. The van der Waals surface area contributed by atoms with Crippen molar-refractivity contribution in [1.29, 1.82) is 5.26 Å². The van der Waals surface area contributed by atoms with Gasteiger partial charge in [0, 0.05) is 23.1 Å². The zero-order chi connectivity index (χ0) is 12.3. The standard InChI is InChI=1S/C14H24N2S/c1-14(2)7-8-16(9-10-17-14)13-6-4-3-5-12(13)11-15/h12-13H,3-10H2,1-2H3. The zero-order valence-corrected chi connectivity index (χ0v) is 11.9. The van der Waals surface area contributed by atoms with Gasteiger partial charge in [0.2, 0.25) is 0 Å². The zero-order valence-electron chi connectivity index (χ0n) is 11.1. The predicted molar refractivity (Wildman–Crippen MR) is 74.1 cm³/mol. The molecule has 1 heterocycles. The molecule has 0 amide bonds. The van der Waals surface area contributed by atoms with Gasteiger partial charge < -0.3 is 0 Å². The van der Waals surface area contributed by atoms with E-state index in [1.54, 1.807) is 0 Å². The number of thioether (sulfide) groups is 1. The van der Waals surface area contributed by atoms with Crippen molar-refractivity contribution in [1.82, 2.24) is 4.90 Å². The Hall–Kier alpha value is -0.200. The Morgan fingerprint density at radius 1 is 1.24 bits per heavy atom. The molecule has 17 heavy (non-hydrogen) atoms. The lowest BCUT2D eigenvalue weighted by molar-refractivity contribution is 0.133. The van der Waals surface area contributed by atoms with Crippen LogP contribution in [0.15, 0.2) is 0 Å². The smallest absolute Gasteiger partial charge is 0.0672 e. The minimum absolute atomic E-state index is 0.287. The molecule has 2 rings (SSSR count). The summed E-state index contributed by atoms with van der Waals surface area (Å²) in [6.07, 6.45) is 6.18. The van der Waals surface area contributed by atoms with Gasteiger partial charge in [-0.2, -0.15) is 17.0 Å². The van der Waals surface area contributed by atoms with E-state index >= 15 is 0 Å². The summed E-state index contributed by atoms with van der Waals surface area (Å²) in [4.78, 5) is 2.61. The molecule has 2 unspecified atom stereocenters. The summed E-state index contributed by atoms with van der Waals surface area (Å²) < 4.78 is 0.422. The summed E-state index contributed by atoms with van der Waals surface area (Å²) in [7, 11) is 0. The van der Waals surface area contributed by atoms with Crippen molar-refractivity contribution < 1.29 is 0 Å². The Morgan fingerprint density at radius 2 is 2.00 bits per heavy atom. The van der Waals surface area contributed by atoms with Crippen LogP contribution in [0.2, 0.25) is 0 Å². The van der Waals surface area contributed by atoms with Gasteiger partial charge in [-0.1, -0.05) is 26.7 Å². The molecule has 2 nitrogen and oxygen atoms in total. The summed E-state index contributed by atoms with van der Waals surface area (Å²) in [5, 5.41) is 9.28. The third kappa shape index (κ3) is 3.39. The van der Waals surface area contributed by atoms with E-state index in [1.807, 2.05) is 0 Å². The first-order chi connectivity index (χ1) is 8.12. The molecule has 1 saturated carbocycles. The largest absolute Gasteiger partial charge is 0.298 e. The van der Waals surface area contributed by atoms with Crippen molar-refractivity contribution in [2.75, 3.05) is 18.8 Å². The van der Waals surface area contributed by atoms with E-state index in [2.05, 4.69) is 36.6 Å². The van der Waals surface area contributed by atoms with Crippen LogP contribution in [0.1, 0.15) is 46.0 Å². The van der Waals surface area contributed by atoms with Crippen LogP contribution in [0, 0.1) is 17.2 Å². The number of hydrogen-bond donors (Lipinski definition) is 0. The Kier molecular flexibility index (Phi) is 4.38. The minimum atomic E-state index is 0.287. The molecule has 1 aliphatic carbocycles. The van der Waals surface area contributed by atoms with Crippen molar-refractivity contribution in [3.05, 3.63) is 0 Å². The molecule has 0 aromatic heterocycles. The lowest BCUT2D eigenvalue weighted by atomic mass is 9.84. The van der Waals surface area contributed by atoms with E-state index in [4.69, 9.17) is 0 Å². The molecule has 0 radical (unpaired) electrons. The van der Waals surface area contributed by atoms with Crippen molar-refractivity contribution in [3.8, 4) is 6.07 Å². The molecule has 2 atom stereocenters. The second-order valence-electron chi connectivity index (χ2n) is 5.98. The van der Waals surface area contributed by atoms with E-state index in [0.717, 1.165) is 6.42 Å². The lowest BCUT2D eigenvalue weighted by Gasteiger charge is -2.36. The van der Waals surface area contributed by atoms with Crippen molar-refractivity contribution in [2.45, 2.75) is 56.7 Å². The topological polar surface area (TPSA) is 27.0 Å². The third-order valence-electron chi connectivity index (χ3n) is 4.24. The normalized spacial score (nSPS) is 34.9. The number of nitrogens with zero attached hydrogens (tertiary/aromatic N) is 2. The van der Waals surface area contributed by atoms with Crippen molar-refractivity contribution in [3.63, 3.8) is 0 Å². The SMILES string of the molecule is CC1(C)CCN(C2CCCCC2C#N)CCS1. The highest BCUT2D eigenvalue weighted by atomic mass is 32.2. The summed E-state index contributed by atoms with van der Waals surface area (Å²) in [6, 6.07) is 3.09. The summed E-state index contributed by atoms with van der Waals surface area (Å²) in [5.41, 5.74) is 0. The molecule has 2 fully saturated rings. The number of rotatable bonds is 1. The highest BCUT2D eigenvalue weighted by Crippen LogP contribution is 2.34. The molecular formula is C14H24N2S. The molecule has 0 aromatic rings. The first-order valence-electron chi connectivity index (χ1n) is 6.90. The highest BCUT2D eigenvalue weighted by molar-refractivity contribution is 8.00. The maximum absolute atomic E-state index is 9.28. The van der Waals surface area contributed by atoms with Crippen LogP contribution in [0.4, 0.5) is 0 Å². The first kappa shape index (κ1) is 13.2. The van der Waals surface area contributed by atoms with Gasteiger partial charge in [-0.25, -0.2) is 0 Å². The Labute approximate surface area is 110 Å². The number of hydrogen-bond acceptors (Lipinski definition) is 3. The van der Waals surface area contributed by atoms with Crippen LogP contribution in [0.3, 0.4) is 0 Å². The van der Waals surface area contributed by atoms with Gasteiger partial charge >= 0.3 is 0 Å². The fraction of sp³-hybridized carbons (Fsp3) is 0.929. The van der Waals surface area contributed by atoms with Crippen LogP contribution >= 0.6 is 11.8 Å². The van der Waals surface area contributed by atoms with Crippen molar-refractivity contribution >= 4 is 11.8 Å². The molecule has 3 heteroatoms. The molecule has 0 N–H and O–H groups in total. The maximum atomic E-state index is 9.28. The minimum Gasteiger partial charge on any atom is -0.298 e. The molecule has 1 saturated heterocycles. The maximum Gasteiger partial charge on any atom is 0.0672 e. The average Bonchev–Trinajstić information content (AvgIpc) is 2.50. The molecule has 96 valence electrons. The van der Waals surface area contributed by atoms with Gasteiger partial charge in [-0.3, -0.25) is 4.90 Å². The summed E-state index contributed by atoms with van der Waals surface area (Å²) in [6.45, 7) is 7.06. The second-order valence-corrected chi connectivity index (χ2v) is 7.78. The van der Waals surface area contributed by atoms with Gasteiger partial charge in [0.15, 0.2) is 0 Å². The second kappa shape index (κ2) is 5.63. The number of nitriles is 1. The molecule has 0 aromatic carbocycles. The molecule has 1 aliphatic heterocycles. The van der Waals surface area contributed by atoms with Crippen molar-refractivity contribution in [2.24, 2.45) is 5.92 Å². The van der Waals surface area contributed by atoms with E-state index in [9.17, 15) is 5.26 Å².